The van der Waals surface area contributed by atoms with E-state index in [2.05, 4.69) is 5.32 Å². The maximum atomic E-state index is 13.8. The lowest BCUT2D eigenvalue weighted by atomic mass is 9.87. The highest BCUT2D eigenvalue weighted by Gasteiger charge is 2.38. The zero-order valence-electron chi connectivity index (χ0n) is 11.8. The van der Waals surface area contributed by atoms with Crippen LogP contribution in [0.5, 0.6) is 0 Å². The number of amides is 1. The molecule has 0 aromatic heterocycles. The van der Waals surface area contributed by atoms with Gasteiger partial charge in [0.25, 0.3) is 0 Å². The summed E-state index contributed by atoms with van der Waals surface area (Å²) in [6.07, 6.45) is 2.10. The number of rotatable bonds is 5. The van der Waals surface area contributed by atoms with Crippen LogP contribution in [-0.4, -0.2) is 29.9 Å². The minimum atomic E-state index is -0.219. The van der Waals surface area contributed by atoms with Crippen LogP contribution in [0.15, 0.2) is 24.3 Å². The van der Waals surface area contributed by atoms with E-state index in [0.717, 1.165) is 25.9 Å². The fraction of sp³-hybridized carbons (Fsp3) is 0.562. The molecule has 1 saturated heterocycles. The van der Waals surface area contributed by atoms with Crippen LogP contribution < -0.4 is 5.32 Å². The molecule has 1 aromatic carbocycles. The lowest BCUT2D eigenvalue weighted by Gasteiger charge is -2.35. The maximum absolute atomic E-state index is 13.8. The molecule has 1 heterocycles. The van der Waals surface area contributed by atoms with Crippen molar-refractivity contribution in [2.75, 3.05) is 13.1 Å². The Hall–Kier alpha value is -1.42. The number of nitrogens with zero attached hydrogens (tertiary/aromatic N) is 1. The van der Waals surface area contributed by atoms with Crippen LogP contribution in [0, 0.1) is 17.7 Å². The van der Waals surface area contributed by atoms with Gasteiger partial charge in [-0.1, -0.05) is 25.1 Å². The Morgan fingerprint density at radius 3 is 2.65 bits per heavy atom. The molecule has 1 aliphatic heterocycles. The molecule has 1 aromatic rings. The molecule has 1 saturated carbocycles. The first-order chi connectivity index (χ1) is 9.66. The summed E-state index contributed by atoms with van der Waals surface area (Å²) in [7, 11) is 0. The second kappa shape index (κ2) is 5.52. The van der Waals surface area contributed by atoms with Crippen molar-refractivity contribution in [3.05, 3.63) is 35.6 Å². The zero-order chi connectivity index (χ0) is 14.1. The summed E-state index contributed by atoms with van der Waals surface area (Å²) in [6.45, 7) is 4.25. The summed E-state index contributed by atoms with van der Waals surface area (Å²) >= 11 is 0. The average molecular weight is 276 g/mol. The van der Waals surface area contributed by atoms with Gasteiger partial charge in [-0.3, -0.25) is 4.79 Å². The van der Waals surface area contributed by atoms with Crippen molar-refractivity contribution in [2.45, 2.75) is 32.4 Å². The highest BCUT2D eigenvalue weighted by atomic mass is 19.1. The van der Waals surface area contributed by atoms with Crippen LogP contribution in [0.25, 0.3) is 0 Å². The topological polar surface area (TPSA) is 32.3 Å². The summed E-state index contributed by atoms with van der Waals surface area (Å²) in [5.41, 5.74) is 0.617. The Kier molecular flexibility index (Phi) is 3.74. The van der Waals surface area contributed by atoms with Crippen molar-refractivity contribution >= 4 is 5.91 Å². The normalized spacial score (nSPS) is 20.3. The van der Waals surface area contributed by atoms with Crippen LogP contribution in [-0.2, 0) is 11.3 Å². The largest absolute Gasteiger partial charge is 0.335 e. The molecule has 108 valence electrons. The van der Waals surface area contributed by atoms with Gasteiger partial charge in [0.2, 0.25) is 5.91 Å². The highest BCUT2D eigenvalue weighted by Crippen LogP contribution is 2.31. The Bertz CT molecular complexity index is 497. The minimum absolute atomic E-state index is 0.0311. The smallest absolute Gasteiger partial charge is 0.226 e. The van der Waals surface area contributed by atoms with E-state index in [9.17, 15) is 9.18 Å². The van der Waals surface area contributed by atoms with Gasteiger partial charge in [0.1, 0.15) is 5.82 Å². The minimum Gasteiger partial charge on any atom is -0.335 e. The second-order valence-corrected chi connectivity index (χ2v) is 6.00. The highest BCUT2D eigenvalue weighted by molar-refractivity contribution is 5.79. The second-order valence-electron chi connectivity index (χ2n) is 6.00. The number of carbonyl (C=O) groups is 1. The summed E-state index contributed by atoms with van der Waals surface area (Å²) in [5.74, 6) is 0.430. The molecule has 0 bridgehead atoms. The van der Waals surface area contributed by atoms with E-state index < -0.39 is 0 Å². The lowest BCUT2D eigenvalue weighted by molar-refractivity contribution is -0.138. The first-order valence-corrected chi connectivity index (χ1v) is 7.41. The molecule has 4 heteroatoms. The summed E-state index contributed by atoms with van der Waals surface area (Å²) in [6, 6.07) is 7.06. The molecule has 1 atom stereocenters. The van der Waals surface area contributed by atoms with E-state index in [1.807, 2.05) is 17.9 Å². The van der Waals surface area contributed by atoms with Crippen molar-refractivity contribution in [1.82, 2.24) is 10.2 Å². The van der Waals surface area contributed by atoms with Gasteiger partial charge in [-0.15, -0.1) is 0 Å². The summed E-state index contributed by atoms with van der Waals surface area (Å²) in [4.78, 5) is 14.5. The average Bonchev–Trinajstić information content (AvgIpc) is 3.19. The third-order valence-electron chi connectivity index (χ3n) is 4.48. The van der Waals surface area contributed by atoms with Gasteiger partial charge >= 0.3 is 0 Å². The van der Waals surface area contributed by atoms with Crippen LogP contribution in [0.2, 0.25) is 0 Å². The summed E-state index contributed by atoms with van der Waals surface area (Å²) < 4.78 is 13.8. The van der Waals surface area contributed by atoms with E-state index >= 15 is 0 Å². The fourth-order valence-electron chi connectivity index (χ4n) is 2.71. The number of benzene rings is 1. The number of hydrogen-bond acceptors (Lipinski definition) is 2. The van der Waals surface area contributed by atoms with E-state index in [1.54, 1.807) is 12.1 Å². The van der Waals surface area contributed by atoms with Gasteiger partial charge in [0, 0.05) is 24.1 Å². The molecule has 0 radical (unpaired) electrons. The van der Waals surface area contributed by atoms with Crippen molar-refractivity contribution in [3.8, 4) is 0 Å². The van der Waals surface area contributed by atoms with Gasteiger partial charge < -0.3 is 10.2 Å². The lowest BCUT2D eigenvalue weighted by Crippen LogP contribution is -2.50. The molecule has 1 unspecified atom stereocenters. The molecule has 2 aliphatic rings. The number of hydrogen-bond donors (Lipinski definition) is 1. The fourth-order valence-corrected chi connectivity index (χ4v) is 2.71. The molecule has 1 aliphatic carbocycles. The molecule has 1 amide bonds. The quantitative estimate of drug-likeness (QED) is 0.894. The van der Waals surface area contributed by atoms with Crippen molar-refractivity contribution in [1.29, 1.82) is 0 Å². The van der Waals surface area contributed by atoms with Crippen LogP contribution in [0.4, 0.5) is 4.39 Å². The van der Waals surface area contributed by atoms with E-state index in [0.29, 0.717) is 24.1 Å². The Morgan fingerprint density at radius 2 is 2.10 bits per heavy atom. The van der Waals surface area contributed by atoms with Crippen molar-refractivity contribution in [3.63, 3.8) is 0 Å². The van der Waals surface area contributed by atoms with Gasteiger partial charge in [-0.05, 0) is 37.9 Å². The third kappa shape index (κ3) is 2.70. The Balaban J connectivity index is 1.72. The van der Waals surface area contributed by atoms with Crippen LogP contribution >= 0.6 is 0 Å². The molecule has 2 fully saturated rings. The van der Waals surface area contributed by atoms with E-state index in [4.69, 9.17) is 0 Å². The number of nitrogens with one attached hydrogen (secondary N) is 1. The summed E-state index contributed by atoms with van der Waals surface area (Å²) in [5, 5.41) is 3.21. The number of carbonyl (C=O) groups excluding carboxylic acids is 1. The molecular weight excluding hydrogens is 255 g/mol. The predicted molar refractivity (Wildman–Crippen MR) is 75.5 cm³/mol. The van der Waals surface area contributed by atoms with E-state index in [1.165, 1.54) is 6.07 Å². The molecule has 0 spiro atoms. The van der Waals surface area contributed by atoms with E-state index in [-0.39, 0.29) is 17.6 Å². The van der Waals surface area contributed by atoms with Gasteiger partial charge in [-0.2, -0.15) is 0 Å². The monoisotopic (exact) mass is 276 g/mol. The number of halogens is 1. The van der Waals surface area contributed by atoms with Crippen LogP contribution in [0.1, 0.15) is 25.3 Å². The zero-order valence-corrected chi connectivity index (χ0v) is 11.8. The first-order valence-electron chi connectivity index (χ1n) is 7.41. The maximum Gasteiger partial charge on any atom is 0.226 e. The first kappa shape index (κ1) is 13.6. The van der Waals surface area contributed by atoms with Crippen molar-refractivity contribution < 1.29 is 9.18 Å². The predicted octanol–water partition coefficient (Wildman–Crippen LogP) is 2.17. The SMILES string of the molecule is CC(C(=O)N(Cc1ccccc1F)C1CC1)C1CNC1. The van der Waals surface area contributed by atoms with Crippen LogP contribution in [0.3, 0.4) is 0 Å². The third-order valence-corrected chi connectivity index (χ3v) is 4.48. The molecular formula is C16H21FN2O. The van der Waals surface area contributed by atoms with Gasteiger partial charge in [0.15, 0.2) is 0 Å². The molecule has 1 N–H and O–H groups in total. The van der Waals surface area contributed by atoms with Gasteiger partial charge in [0.05, 0.1) is 0 Å². The Morgan fingerprint density at radius 1 is 1.40 bits per heavy atom. The molecule has 3 nitrogen and oxygen atoms in total. The van der Waals surface area contributed by atoms with Crippen molar-refractivity contribution in [2.24, 2.45) is 11.8 Å². The standard InChI is InChI=1S/C16H21FN2O/c1-11(13-8-18-9-13)16(20)19(14-6-7-14)10-12-4-2-3-5-15(12)17/h2-5,11,13-14,18H,6-10H2,1H3. The molecule has 20 heavy (non-hydrogen) atoms. The van der Waals surface area contributed by atoms with Gasteiger partial charge in [-0.25, -0.2) is 4.39 Å². The molecule has 3 rings (SSSR count). The Labute approximate surface area is 119 Å².